The van der Waals surface area contributed by atoms with Crippen molar-refractivity contribution in [2.75, 3.05) is 6.54 Å². The second-order valence-corrected chi connectivity index (χ2v) is 7.38. The second kappa shape index (κ2) is 7.35. The molecule has 2 aromatic carbocycles. The average Bonchev–Trinajstić information content (AvgIpc) is 2.84. The van der Waals surface area contributed by atoms with E-state index in [0.717, 1.165) is 21.6 Å². The molecule has 1 aliphatic rings. The van der Waals surface area contributed by atoms with Crippen molar-refractivity contribution in [3.63, 3.8) is 0 Å². The minimum Gasteiger partial charge on any atom is -0.323 e. The fraction of sp³-hybridized carbons (Fsp3) is 0.318. The summed E-state index contributed by atoms with van der Waals surface area (Å²) in [7, 11) is 0. The first-order chi connectivity index (χ1) is 12.8. The van der Waals surface area contributed by atoms with Crippen LogP contribution in [0.5, 0.6) is 0 Å². The van der Waals surface area contributed by atoms with Crippen molar-refractivity contribution >= 4 is 17.7 Å². The van der Waals surface area contributed by atoms with Crippen LogP contribution in [0, 0.1) is 13.8 Å². The summed E-state index contributed by atoms with van der Waals surface area (Å²) in [6, 6.07) is 14.8. The largest absolute Gasteiger partial charge is 0.325 e. The molecule has 3 amide bonds. The van der Waals surface area contributed by atoms with Gasteiger partial charge >= 0.3 is 6.03 Å². The van der Waals surface area contributed by atoms with E-state index in [9.17, 15) is 14.4 Å². The highest BCUT2D eigenvalue weighted by Crippen LogP contribution is 2.24. The molecule has 1 fully saturated rings. The zero-order valence-electron chi connectivity index (χ0n) is 15.9. The Morgan fingerprint density at radius 1 is 1.07 bits per heavy atom. The summed E-state index contributed by atoms with van der Waals surface area (Å²) in [5.74, 6) is -0.579. The number of benzene rings is 2. The summed E-state index contributed by atoms with van der Waals surface area (Å²) in [5.41, 5.74) is 2.56. The van der Waals surface area contributed by atoms with Crippen LogP contribution < -0.4 is 5.32 Å². The fourth-order valence-corrected chi connectivity index (χ4v) is 3.45. The predicted molar refractivity (Wildman–Crippen MR) is 104 cm³/mol. The third-order valence-electron chi connectivity index (χ3n) is 5.09. The smallest absolute Gasteiger partial charge is 0.323 e. The van der Waals surface area contributed by atoms with E-state index in [0.29, 0.717) is 18.4 Å². The van der Waals surface area contributed by atoms with Gasteiger partial charge in [0.05, 0.1) is 6.54 Å². The Hall–Kier alpha value is -2.95. The Balaban J connectivity index is 1.70. The van der Waals surface area contributed by atoms with E-state index in [-0.39, 0.29) is 18.2 Å². The van der Waals surface area contributed by atoms with Gasteiger partial charge in [-0.1, -0.05) is 54.1 Å². The number of hydrogen-bond donors (Lipinski definition) is 1. The molecular formula is C22H24N2O3. The number of imide groups is 1. The first kappa shape index (κ1) is 18.8. The number of nitrogens with zero attached hydrogens (tertiary/aromatic N) is 1. The first-order valence-corrected chi connectivity index (χ1v) is 9.09. The maximum absolute atomic E-state index is 12.9. The van der Waals surface area contributed by atoms with Gasteiger partial charge in [0.1, 0.15) is 5.54 Å². The van der Waals surface area contributed by atoms with Crippen LogP contribution in [0.4, 0.5) is 4.79 Å². The van der Waals surface area contributed by atoms with Crippen LogP contribution >= 0.6 is 0 Å². The Kier molecular flexibility index (Phi) is 5.13. The molecule has 140 valence electrons. The van der Waals surface area contributed by atoms with E-state index < -0.39 is 11.6 Å². The van der Waals surface area contributed by atoms with Gasteiger partial charge in [0.2, 0.25) is 0 Å². The molecule has 1 saturated heterocycles. The summed E-state index contributed by atoms with van der Waals surface area (Å²) >= 11 is 0. The topological polar surface area (TPSA) is 66.5 Å². The van der Waals surface area contributed by atoms with Crippen molar-refractivity contribution in [1.29, 1.82) is 0 Å². The summed E-state index contributed by atoms with van der Waals surface area (Å²) in [4.78, 5) is 38.9. The fourth-order valence-electron chi connectivity index (χ4n) is 3.45. The summed E-state index contributed by atoms with van der Waals surface area (Å²) in [5, 5.41) is 2.77. The molecular weight excluding hydrogens is 340 g/mol. The predicted octanol–water partition coefficient (Wildman–Crippen LogP) is 3.43. The van der Waals surface area contributed by atoms with Gasteiger partial charge < -0.3 is 5.32 Å². The number of carbonyl (C=O) groups is 3. The van der Waals surface area contributed by atoms with Crippen LogP contribution in [0.3, 0.4) is 0 Å². The van der Waals surface area contributed by atoms with E-state index in [1.165, 1.54) is 0 Å². The van der Waals surface area contributed by atoms with Gasteiger partial charge in [0, 0.05) is 5.56 Å². The van der Waals surface area contributed by atoms with Crippen LogP contribution in [-0.2, 0) is 11.2 Å². The maximum Gasteiger partial charge on any atom is 0.325 e. The molecule has 5 heteroatoms. The van der Waals surface area contributed by atoms with Crippen molar-refractivity contribution in [3.8, 4) is 0 Å². The summed E-state index contributed by atoms with van der Waals surface area (Å²) in [6.07, 6.45) is 1.15. The van der Waals surface area contributed by atoms with E-state index in [1.54, 1.807) is 13.0 Å². The molecule has 1 N–H and O–H groups in total. The van der Waals surface area contributed by atoms with Crippen molar-refractivity contribution in [1.82, 2.24) is 10.2 Å². The Labute approximate surface area is 159 Å². The number of rotatable bonds is 6. The van der Waals surface area contributed by atoms with Gasteiger partial charge in [0.25, 0.3) is 5.91 Å². The molecule has 5 nitrogen and oxygen atoms in total. The van der Waals surface area contributed by atoms with Gasteiger partial charge in [-0.25, -0.2) is 4.79 Å². The molecule has 0 bridgehead atoms. The third-order valence-corrected chi connectivity index (χ3v) is 5.09. The molecule has 27 heavy (non-hydrogen) atoms. The van der Waals surface area contributed by atoms with Crippen molar-refractivity contribution < 1.29 is 14.4 Å². The highest BCUT2D eigenvalue weighted by Gasteiger charge is 2.47. The van der Waals surface area contributed by atoms with E-state index >= 15 is 0 Å². The van der Waals surface area contributed by atoms with Gasteiger partial charge in [-0.05, 0) is 44.7 Å². The highest BCUT2D eigenvalue weighted by molar-refractivity contribution is 6.11. The van der Waals surface area contributed by atoms with Gasteiger partial charge in [-0.3, -0.25) is 14.5 Å². The molecule has 0 radical (unpaired) electrons. The normalized spacial score (nSPS) is 19.3. The number of ketones is 1. The second-order valence-electron chi connectivity index (χ2n) is 7.38. The highest BCUT2D eigenvalue weighted by atomic mass is 16.2. The zero-order valence-corrected chi connectivity index (χ0v) is 15.9. The number of carbonyl (C=O) groups excluding carboxylic acids is 3. The molecule has 1 atom stereocenters. The Bertz CT molecular complexity index is 892. The molecule has 2 aromatic rings. The van der Waals surface area contributed by atoms with E-state index in [4.69, 9.17) is 0 Å². The monoisotopic (exact) mass is 364 g/mol. The first-order valence-electron chi connectivity index (χ1n) is 9.09. The molecule has 0 saturated carbocycles. The molecule has 3 rings (SSSR count). The number of urea groups is 1. The van der Waals surface area contributed by atoms with E-state index in [2.05, 4.69) is 5.32 Å². The van der Waals surface area contributed by atoms with Crippen LogP contribution in [0.1, 0.15) is 40.4 Å². The molecule has 0 aliphatic carbocycles. The molecule has 0 aromatic heterocycles. The number of Topliss-reactive ketones (excluding diaryl/α,β-unsaturated/α-hetero) is 1. The number of aryl methyl sites for hydroxylation is 3. The lowest BCUT2D eigenvalue weighted by molar-refractivity contribution is -0.130. The van der Waals surface area contributed by atoms with Gasteiger partial charge in [-0.15, -0.1) is 0 Å². The lowest BCUT2D eigenvalue weighted by atomic mass is 9.93. The standard InChI is InChI=1S/C22H24N2O3/c1-15-9-10-18(16(2)13-15)19(25)14-24-20(26)22(3,23-21(24)27)12-11-17-7-5-4-6-8-17/h4-10,13H,11-12,14H2,1-3H3,(H,23,27)/t22-/m1/s1. The van der Waals surface area contributed by atoms with Crippen LogP contribution in [0.25, 0.3) is 0 Å². The SMILES string of the molecule is Cc1ccc(C(=O)CN2C(=O)N[C@](C)(CCc3ccccc3)C2=O)c(C)c1. The maximum atomic E-state index is 12.9. The summed E-state index contributed by atoms with van der Waals surface area (Å²) < 4.78 is 0. The quantitative estimate of drug-likeness (QED) is 0.631. The molecule has 0 unspecified atom stereocenters. The van der Waals surface area contributed by atoms with E-state index in [1.807, 2.05) is 56.3 Å². The Morgan fingerprint density at radius 3 is 2.44 bits per heavy atom. The number of hydrogen-bond acceptors (Lipinski definition) is 3. The molecule has 1 heterocycles. The van der Waals surface area contributed by atoms with Crippen LogP contribution in [-0.4, -0.2) is 34.7 Å². The third kappa shape index (κ3) is 3.92. The van der Waals surface area contributed by atoms with Crippen molar-refractivity contribution in [3.05, 3.63) is 70.8 Å². The van der Waals surface area contributed by atoms with Gasteiger partial charge in [-0.2, -0.15) is 0 Å². The van der Waals surface area contributed by atoms with Crippen molar-refractivity contribution in [2.45, 2.75) is 39.2 Å². The lowest BCUT2D eigenvalue weighted by Crippen LogP contribution is -2.44. The molecule has 1 aliphatic heterocycles. The van der Waals surface area contributed by atoms with Crippen LogP contribution in [0.15, 0.2) is 48.5 Å². The number of amides is 3. The minimum absolute atomic E-state index is 0.233. The zero-order chi connectivity index (χ0) is 19.6. The lowest BCUT2D eigenvalue weighted by Gasteiger charge is -2.21. The minimum atomic E-state index is -0.991. The van der Waals surface area contributed by atoms with Crippen LogP contribution in [0.2, 0.25) is 0 Å². The molecule has 0 spiro atoms. The average molecular weight is 364 g/mol. The van der Waals surface area contributed by atoms with Crippen molar-refractivity contribution in [2.24, 2.45) is 0 Å². The summed E-state index contributed by atoms with van der Waals surface area (Å²) in [6.45, 7) is 5.29. The number of nitrogens with one attached hydrogen (secondary N) is 1. The van der Waals surface area contributed by atoms with Gasteiger partial charge in [0.15, 0.2) is 5.78 Å². The Morgan fingerprint density at radius 2 is 1.78 bits per heavy atom.